The van der Waals surface area contributed by atoms with Crippen LogP contribution < -0.4 is 4.74 Å². The molecule has 1 aromatic heterocycles. The number of fused-ring (bicyclic) bond motifs is 1. The van der Waals surface area contributed by atoms with Crippen molar-refractivity contribution >= 4 is 22.6 Å². The minimum atomic E-state index is -0.954. The van der Waals surface area contributed by atoms with Crippen molar-refractivity contribution in [3.05, 3.63) is 47.0 Å². The third-order valence-corrected chi connectivity index (χ3v) is 5.11. The normalized spacial score (nSPS) is 17.4. The number of imidazole rings is 1. The molecule has 1 aliphatic heterocycles. The van der Waals surface area contributed by atoms with E-state index in [1.807, 2.05) is 4.57 Å². The molecule has 0 bridgehead atoms. The average molecular weight is 393 g/mol. The van der Waals surface area contributed by atoms with Crippen LogP contribution in [0.4, 0.5) is 8.78 Å². The Morgan fingerprint density at radius 3 is 2.85 bits per heavy atom. The van der Waals surface area contributed by atoms with Crippen molar-refractivity contribution in [2.45, 2.75) is 31.9 Å². The Kier molecular flexibility index (Phi) is 5.02. The molecule has 0 N–H and O–H groups in total. The highest BCUT2D eigenvalue weighted by Gasteiger charge is 2.23. The molecule has 1 fully saturated rings. The molecule has 1 saturated heterocycles. The maximum Gasteiger partial charge on any atom is 0.186 e. The standard InChI is InChI=1S/C20H19ClF2N2O2/c1-26-17-10-12(21)5-6-14(17)20-24-19-16(8-7-15(22)18(19)23)25(20)11-13-4-2-3-9-27-13/h5-8,10,13H,2-4,9,11H2,1H3. The van der Waals surface area contributed by atoms with Crippen LogP contribution in [0.15, 0.2) is 30.3 Å². The Morgan fingerprint density at radius 1 is 1.26 bits per heavy atom. The van der Waals surface area contributed by atoms with Gasteiger partial charge in [0, 0.05) is 11.6 Å². The fraction of sp³-hybridized carbons (Fsp3) is 0.350. The van der Waals surface area contributed by atoms with Crippen molar-refractivity contribution in [1.82, 2.24) is 9.55 Å². The molecule has 4 nitrogen and oxygen atoms in total. The Labute approximate surface area is 160 Å². The topological polar surface area (TPSA) is 36.3 Å². The van der Waals surface area contributed by atoms with Gasteiger partial charge in [-0.25, -0.2) is 13.8 Å². The van der Waals surface area contributed by atoms with Crippen molar-refractivity contribution in [2.75, 3.05) is 13.7 Å². The predicted molar refractivity (Wildman–Crippen MR) is 100 cm³/mol. The van der Waals surface area contributed by atoms with Gasteiger partial charge in [0.25, 0.3) is 0 Å². The molecule has 0 amide bonds. The van der Waals surface area contributed by atoms with E-state index in [1.165, 1.54) is 7.11 Å². The molecule has 3 aromatic rings. The van der Waals surface area contributed by atoms with Crippen LogP contribution in [0.25, 0.3) is 22.4 Å². The lowest BCUT2D eigenvalue weighted by molar-refractivity contribution is 0.00685. The second kappa shape index (κ2) is 7.44. The number of halogens is 3. The van der Waals surface area contributed by atoms with Crippen molar-refractivity contribution in [3.63, 3.8) is 0 Å². The summed E-state index contributed by atoms with van der Waals surface area (Å²) >= 11 is 6.07. The van der Waals surface area contributed by atoms with E-state index in [2.05, 4.69) is 4.98 Å². The molecule has 142 valence electrons. The number of methoxy groups -OCH3 is 1. The van der Waals surface area contributed by atoms with E-state index in [0.717, 1.165) is 25.3 Å². The van der Waals surface area contributed by atoms with Gasteiger partial charge in [0.1, 0.15) is 17.1 Å². The predicted octanol–water partition coefficient (Wildman–Crippen LogP) is 5.21. The molecule has 1 atom stereocenters. The number of hydrogen-bond donors (Lipinski definition) is 0. The van der Waals surface area contributed by atoms with Gasteiger partial charge < -0.3 is 14.0 Å². The SMILES string of the molecule is COc1cc(Cl)ccc1-c1nc2c(F)c(F)ccc2n1CC1CCCCO1. The summed E-state index contributed by atoms with van der Waals surface area (Å²) in [7, 11) is 1.53. The zero-order valence-corrected chi connectivity index (χ0v) is 15.6. The van der Waals surface area contributed by atoms with E-state index in [9.17, 15) is 8.78 Å². The third-order valence-electron chi connectivity index (χ3n) is 4.88. The Hall–Kier alpha value is -2.18. The first kappa shape index (κ1) is 18.2. The van der Waals surface area contributed by atoms with E-state index in [-0.39, 0.29) is 11.6 Å². The van der Waals surface area contributed by atoms with Crippen LogP contribution in [0.2, 0.25) is 5.02 Å². The van der Waals surface area contributed by atoms with E-state index in [4.69, 9.17) is 21.1 Å². The summed E-state index contributed by atoms with van der Waals surface area (Å²) < 4.78 is 41.3. The van der Waals surface area contributed by atoms with Gasteiger partial charge in [0.15, 0.2) is 11.6 Å². The second-order valence-electron chi connectivity index (χ2n) is 6.61. The van der Waals surface area contributed by atoms with Crippen LogP contribution in [-0.4, -0.2) is 29.4 Å². The average Bonchev–Trinajstić information content (AvgIpc) is 3.04. The molecule has 0 saturated carbocycles. The highest BCUT2D eigenvalue weighted by molar-refractivity contribution is 6.30. The van der Waals surface area contributed by atoms with Gasteiger partial charge in [0.05, 0.1) is 30.8 Å². The van der Waals surface area contributed by atoms with Gasteiger partial charge in [0.2, 0.25) is 0 Å². The van der Waals surface area contributed by atoms with Gasteiger partial charge >= 0.3 is 0 Å². The number of aromatic nitrogens is 2. The van der Waals surface area contributed by atoms with Gasteiger partial charge in [-0.2, -0.15) is 0 Å². The lowest BCUT2D eigenvalue weighted by atomic mass is 10.1. The van der Waals surface area contributed by atoms with Gasteiger partial charge in [-0.15, -0.1) is 0 Å². The summed E-state index contributed by atoms with van der Waals surface area (Å²) in [5.41, 5.74) is 1.18. The summed E-state index contributed by atoms with van der Waals surface area (Å²) in [4.78, 5) is 4.42. The highest BCUT2D eigenvalue weighted by atomic mass is 35.5. The Morgan fingerprint density at radius 2 is 2.11 bits per heavy atom. The van der Waals surface area contributed by atoms with E-state index < -0.39 is 11.6 Å². The van der Waals surface area contributed by atoms with Crippen LogP contribution in [-0.2, 0) is 11.3 Å². The first-order valence-corrected chi connectivity index (χ1v) is 9.26. The molecule has 1 unspecified atom stereocenters. The maximum atomic E-state index is 14.4. The second-order valence-corrected chi connectivity index (χ2v) is 7.04. The lowest BCUT2D eigenvalue weighted by Crippen LogP contribution is -2.24. The van der Waals surface area contributed by atoms with E-state index in [1.54, 1.807) is 24.3 Å². The number of nitrogens with zero attached hydrogens (tertiary/aromatic N) is 2. The highest BCUT2D eigenvalue weighted by Crippen LogP contribution is 2.35. The van der Waals surface area contributed by atoms with Crippen LogP contribution >= 0.6 is 11.6 Å². The third kappa shape index (κ3) is 3.39. The number of ether oxygens (including phenoxy) is 2. The first-order valence-electron chi connectivity index (χ1n) is 8.88. The summed E-state index contributed by atoms with van der Waals surface area (Å²) in [6, 6.07) is 7.84. The quantitative estimate of drug-likeness (QED) is 0.611. The molecule has 7 heteroatoms. The molecule has 0 aliphatic carbocycles. The minimum absolute atomic E-state index is 0.00121. The van der Waals surface area contributed by atoms with Gasteiger partial charge in [-0.1, -0.05) is 11.6 Å². The number of hydrogen-bond acceptors (Lipinski definition) is 3. The monoisotopic (exact) mass is 392 g/mol. The minimum Gasteiger partial charge on any atom is -0.496 e. The fourth-order valence-electron chi connectivity index (χ4n) is 3.53. The summed E-state index contributed by atoms with van der Waals surface area (Å²) in [5.74, 6) is -0.859. The molecule has 2 heterocycles. The number of rotatable bonds is 4. The largest absolute Gasteiger partial charge is 0.496 e. The summed E-state index contributed by atoms with van der Waals surface area (Å²) in [6.45, 7) is 1.21. The van der Waals surface area contributed by atoms with Crippen LogP contribution in [0.3, 0.4) is 0 Å². The van der Waals surface area contributed by atoms with Crippen LogP contribution in [0.1, 0.15) is 19.3 Å². The molecule has 27 heavy (non-hydrogen) atoms. The molecule has 1 aliphatic rings. The van der Waals surface area contributed by atoms with Crippen LogP contribution in [0, 0.1) is 11.6 Å². The molecular weight excluding hydrogens is 374 g/mol. The van der Waals surface area contributed by atoms with Crippen molar-refractivity contribution in [3.8, 4) is 17.1 Å². The first-order chi connectivity index (χ1) is 13.1. The summed E-state index contributed by atoms with van der Waals surface area (Å²) in [5, 5.41) is 0.520. The lowest BCUT2D eigenvalue weighted by Gasteiger charge is -2.24. The molecular formula is C20H19ClF2N2O2. The maximum absolute atomic E-state index is 14.4. The molecule has 2 aromatic carbocycles. The van der Waals surface area contributed by atoms with Crippen molar-refractivity contribution in [2.24, 2.45) is 0 Å². The van der Waals surface area contributed by atoms with E-state index in [0.29, 0.717) is 40.8 Å². The van der Waals surface area contributed by atoms with Crippen molar-refractivity contribution < 1.29 is 18.3 Å². The Bertz CT molecular complexity index is 984. The van der Waals surface area contributed by atoms with Gasteiger partial charge in [-0.3, -0.25) is 0 Å². The smallest absolute Gasteiger partial charge is 0.186 e. The van der Waals surface area contributed by atoms with E-state index >= 15 is 0 Å². The fourth-order valence-corrected chi connectivity index (χ4v) is 3.69. The summed E-state index contributed by atoms with van der Waals surface area (Å²) in [6.07, 6.45) is 3.04. The molecule has 4 rings (SSSR count). The zero-order chi connectivity index (χ0) is 19.0. The molecule has 0 radical (unpaired) electrons. The zero-order valence-electron chi connectivity index (χ0n) is 14.8. The van der Waals surface area contributed by atoms with Crippen LogP contribution in [0.5, 0.6) is 5.75 Å². The molecule has 0 spiro atoms. The Balaban J connectivity index is 1.90. The number of benzene rings is 2. The van der Waals surface area contributed by atoms with Crippen molar-refractivity contribution in [1.29, 1.82) is 0 Å². The van der Waals surface area contributed by atoms with Gasteiger partial charge in [-0.05, 0) is 49.6 Å².